The van der Waals surface area contributed by atoms with Crippen LogP contribution in [0.15, 0.2) is 83.8 Å². The van der Waals surface area contributed by atoms with Gasteiger partial charge < -0.3 is 14.1 Å². The first-order chi connectivity index (χ1) is 16.6. The van der Waals surface area contributed by atoms with Crippen LogP contribution < -0.4 is 4.74 Å². The average Bonchev–Trinajstić information content (AvgIpc) is 3.40. The van der Waals surface area contributed by atoms with E-state index in [9.17, 15) is 4.79 Å². The predicted molar refractivity (Wildman–Crippen MR) is 132 cm³/mol. The summed E-state index contributed by atoms with van der Waals surface area (Å²) in [6, 6.07) is 20.6. The molecule has 6 nitrogen and oxygen atoms in total. The Labute approximate surface area is 199 Å². The van der Waals surface area contributed by atoms with E-state index in [1.165, 1.54) is 29.0 Å². The lowest BCUT2D eigenvalue weighted by Gasteiger charge is -2.32. The Bertz CT molecular complexity index is 1230. The van der Waals surface area contributed by atoms with Crippen molar-refractivity contribution in [3.05, 3.63) is 96.1 Å². The van der Waals surface area contributed by atoms with E-state index >= 15 is 0 Å². The van der Waals surface area contributed by atoms with Crippen molar-refractivity contribution in [3.63, 3.8) is 0 Å². The molecule has 1 aliphatic heterocycles. The van der Waals surface area contributed by atoms with Crippen molar-refractivity contribution in [1.29, 1.82) is 0 Å². The number of aromatic nitrogens is 1. The number of furan rings is 1. The summed E-state index contributed by atoms with van der Waals surface area (Å²) in [5, 5.41) is 1.17. The summed E-state index contributed by atoms with van der Waals surface area (Å²) in [7, 11) is 2.14. The summed E-state index contributed by atoms with van der Waals surface area (Å²) in [6.45, 7) is 3.13. The maximum absolute atomic E-state index is 12.4. The number of carbonyl (C=O) groups is 1. The standard InChI is InChI=1S/C28H29N3O3/c1-30(19-22-6-9-27-23(17-22)3-2-13-29-27)18-21-4-7-25(8-5-21)34-26-10-14-31(15-11-26)28(32)24-12-16-33-20-24/h2-9,12-13,16-17,20,26H,10-11,14-15,18-19H2,1H3. The van der Waals surface area contributed by atoms with Gasteiger partial charge in [0.05, 0.1) is 17.3 Å². The Morgan fingerprint density at radius 3 is 2.59 bits per heavy atom. The van der Waals surface area contributed by atoms with Crippen LogP contribution in [-0.4, -0.2) is 46.9 Å². The molecule has 5 rings (SSSR count). The Morgan fingerprint density at radius 2 is 1.82 bits per heavy atom. The Morgan fingerprint density at radius 1 is 1.06 bits per heavy atom. The van der Waals surface area contributed by atoms with Gasteiger partial charge in [0.15, 0.2) is 0 Å². The monoisotopic (exact) mass is 455 g/mol. The number of piperidine rings is 1. The number of carbonyl (C=O) groups excluding carboxylic acids is 1. The van der Waals surface area contributed by atoms with Gasteiger partial charge in [0.1, 0.15) is 18.1 Å². The minimum atomic E-state index is 0.0287. The molecular formula is C28H29N3O3. The molecule has 6 heteroatoms. The second kappa shape index (κ2) is 10.1. The highest BCUT2D eigenvalue weighted by molar-refractivity contribution is 5.93. The van der Waals surface area contributed by atoms with E-state index in [0.717, 1.165) is 37.2 Å². The van der Waals surface area contributed by atoms with Gasteiger partial charge in [0, 0.05) is 50.6 Å². The first-order valence-electron chi connectivity index (χ1n) is 11.7. The van der Waals surface area contributed by atoms with E-state index in [4.69, 9.17) is 9.15 Å². The van der Waals surface area contributed by atoms with E-state index in [0.29, 0.717) is 18.7 Å². The number of ether oxygens (including phenoxy) is 1. The number of likely N-dealkylation sites (tertiary alicyclic amines) is 1. The van der Waals surface area contributed by atoms with Crippen LogP contribution in [0.3, 0.4) is 0 Å². The normalized spacial score (nSPS) is 14.6. The van der Waals surface area contributed by atoms with Crippen LogP contribution >= 0.6 is 0 Å². The lowest BCUT2D eigenvalue weighted by atomic mass is 10.1. The molecule has 0 radical (unpaired) electrons. The maximum atomic E-state index is 12.4. The van der Waals surface area contributed by atoms with E-state index in [-0.39, 0.29) is 12.0 Å². The van der Waals surface area contributed by atoms with Crippen molar-refractivity contribution < 1.29 is 13.9 Å². The van der Waals surface area contributed by atoms with Crippen molar-refractivity contribution in [2.45, 2.75) is 32.0 Å². The molecule has 0 aliphatic carbocycles. The van der Waals surface area contributed by atoms with Crippen LogP contribution in [0.5, 0.6) is 5.75 Å². The molecule has 1 fully saturated rings. The first-order valence-corrected chi connectivity index (χ1v) is 11.7. The van der Waals surface area contributed by atoms with Crippen LogP contribution in [0.1, 0.15) is 34.3 Å². The zero-order valence-electron chi connectivity index (χ0n) is 19.4. The SMILES string of the molecule is CN(Cc1ccc(OC2CCN(C(=O)c3ccoc3)CC2)cc1)Cc1ccc2ncccc2c1. The number of benzene rings is 2. The highest BCUT2D eigenvalue weighted by Crippen LogP contribution is 2.22. The molecule has 2 aromatic carbocycles. The summed E-state index contributed by atoms with van der Waals surface area (Å²) in [5.74, 6) is 0.911. The van der Waals surface area contributed by atoms with Crippen LogP contribution in [0, 0.1) is 0 Å². The minimum absolute atomic E-state index is 0.0287. The third-order valence-corrected chi connectivity index (χ3v) is 6.30. The van der Waals surface area contributed by atoms with E-state index < -0.39 is 0 Å². The van der Waals surface area contributed by atoms with Crippen molar-refractivity contribution in [2.75, 3.05) is 20.1 Å². The van der Waals surface area contributed by atoms with Crippen LogP contribution in [-0.2, 0) is 13.1 Å². The highest BCUT2D eigenvalue weighted by Gasteiger charge is 2.25. The second-order valence-electron chi connectivity index (χ2n) is 8.97. The molecule has 3 heterocycles. The number of fused-ring (bicyclic) bond motifs is 1. The number of pyridine rings is 1. The van der Waals surface area contributed by atoms with Gasteiger partial charge in [-0.3, -0.25) is 14.7 Å². The van der Waals surface area contributed by atoms with Crippen molar-refractivity contribution in [1.82, 2.24) is 14.8 Å². The van der Waals surface area contributed by atoms with Crippen molar-refractivity contribution in [2.24, 2.45) is 0 Å². The molecule has 0 saturated carbocycles. The molecule has 1 aliphatic rings. The zero-order valence-corrected chi connectivity index (χ0v) is 19.4. The van der Waals surface area contributed by atoms with Gasteiger partial charge >= 0.3 is 0 Å². The summed E-state index contributed by atoms with van der Waals surface area (Å²) < 4.78 is 11.2. The fraction of sp³-hybridized carbons (Fsp3) is 0.286. The lowest BCUT2D eigenvalue weighted by Crippen LogP contribution is -2.41. The minimum Gasteiger partial charge on any atom is -0.490 e. The topological polar surface area (TPSA) is 58.8 Å². The predicted octanol–water partition coefficient (Wildman–Crippen LogP) is 5.14. The highest BCUT2D eigenvalue weighted by atomic mass is 16.5. The molecule has 34 heavy (non-hydrogen) atoms. The third-order valence-electron chi connectivity index (χ3n) is 6.30. The van der Waals surface area contributed by atoms with E-state index in [1.807, 2.05) is 29.3 Å². The Hall–Kier alpha value is -3.64. The number of nitrogens with zero attached hydrogens (tertiary/aromatic N) is 3. The number of hydrogen-bond acceptors (Lipinski definition) is 5. The van der Waals surface area contributed by atoms with Gasteiger partial charge in [-0.25, -0.2) is 0 Å². The molecule has 0 atom stereocenters. The van der Waals surface area contributed by atoms with Crippen LogP contribution in [0.25, 0.3) is 10.9 Å². The maximum Gasteiger partial charge on any atom is 0.257 e. The molecule has 0 unspecified atom stereocenters. The number of hydrogen-bond donors (Lipinski definition) is 0. The largest absolute Gasteiger partial charge is 0.490 e. The quantitative estimate of drug-likeness (QED) is 0.386. The fourth-order valence-electron chi connectivity index (χ4n) is 4.51. The summed E-state index contributed by atoms with van der Waals surface area (Å²) in [6.07, 6.45) is 6.65. The summed E-state index contributed by atoms with van der Waals surface area (Å²) >= 11 is 0. The fourth-order valence-corrected chi connectivity index (χ4v) is 4.51. The molecular weight excluding hydrogens is 426 g/mol. The number of amides is 1. The van der Waals surface area contributed by atoms with Gasteiger partial charge in [0.25, 0.3) is 5.91 Å². The molecule has 1 saturated heterocycles. The average molecular weight is 456 g/mol. The second-order valence-corrected chi connectivity index (χ2v) is 8.97. The van der Waals surface area contributed by atoms with Crippen LogP contribution in [0.4, 0.5) is 0 Å². The van der Waals surface area contributed by atoms with Crippen LogP contribution in [0.2, 0.25) is 0 Å². The summed E-state index contributed by atoms with van der Waals surface area (Å²) in [5.41, 5.74) is 4.16. The molecule has 2 aromatic heterocycles. The van der Waals surface area contributed by atoms with Crippen molar-refractivity contribution in [3.8, 4) is 5.75 Å². The molecule has 0 bridgehead atoms. The Balaban J connectivity index is 1.10. The van der Waals surface area contributed by atoms with Crippen molar-refractivity contribution >= 4 is 16.8 Å². The molecule has 0 N–H and O–H groups in total. The van der Waals surface area contributed by atoms with E-state index in [1.54, 1.807) is 6.07 Å². The molecule has 0 spiro atoms. The van der Waals surface area contributed by atoms with Gasteiger partial charge in [-0.1, -0.05) is 24.3 Å². The smallest absolute Gasteiger partial charge is 0.257 e. The van der Waals surface area contributed by atoms with Gasteiger partial charge in [0.2, 0.25) is 0 Å². The van der Waals surface area contributed by atoms with E-state index in [2.05, 4.69) is 53.3 Å². The first kappa shape index (κ1) is 22.2. The number of rotatable bonds is 7. The summed E-state index contributed by atoms with van der Waals surface area (Å²) in [4.78, 5) is 21.0. The van der Waals surface area contributed by atoms with Gasteiger partial charge in [-0.15, -0.1) is 0 Å². The Kier molecular flexibility index (Phi) is 6.58. The lowest BCUT2D eigenvalue weighted by molar-refractivity contribution is 0.0595. The molecule has 1 amide bonds. The molecule has 4 aromatic rings. The zero-order chi connectivity index (χ0) is 23.3. The third kappa shape index (κ3) is 5.29. The van der Waals surface area contributed by atoms with Gasteiger partial charge in [-0.2, -0.15) is 0 Å². The van der Waals surface area contributed by atoms with Gasteiger partial charge in [-0.05, 0) is 54.6 Å². The molecule has 174 valence electrons.